The minimum absolute atomic E-state index is 0.223. The number of anilines is 1. The predicted octanol–water partition coefficient (Wildman–Crippen LogP) is 3.52. The Morgan fingerprint density at radius 2 is 2.21 bits per heavy atom. The molecule has 0 aliphatic heterocycles. The molecule has 0 fully saturated rings. The molecule has 8 heteroatoms. The fourth-order valence-corrected chi connectivity index (χ4v) is 3.54. The van der Waals surface area contributed by atoms with Crippen LogP contribution in [0.25, 0.3) is 22.2 Å². The third-order valence-corrected chi connectivity index (χ3v) is 4.79. The molecule has 0 aliphatic rings. The highest BCUT2D eigenvalue weighted by Crippen LogP contribution is 2.33. The maximum atomic E-state index is 6.07. The van der Waals surface area contributed by atoms with E-state index in [2.05, 4.69) is 37.1 Å². The standard InChI is InChI=1S/C11H8ClIN5P/c12-11-15-2-1-9(17-11)6-3-8(14)7-5-16-18(19-13)10(7)4-6/h1-5,19H,14H2. The van der Waals surface area contributed by atoms with Crippen molar-refractivity contribution < 1.29 is 0 Å². The Kier molecular flexibility index (Phi) is 3.56. The van der Waals surface area contributed by atoms with Crippen LogP contribution >= 0.6 is 40.0 Å². The molecule has 3 rings (SSSR count). The van der Waals surface area contributed by atoms with Gasteiger partial charge in [-0.3, -0.25) is 0 Å². The zero-order valence-electron chi connectivity index (χ0n) is 9.51. The van der Waals surface area contributed by atoms with Gasteiger partial charge >= 0.3 is 0 Å². The third kappa shape index (κ3) is 2.40. The molecule has 0 spiro atoms. The van der Waals surface area contributed by atoms with Crippen molar-refractivity contribution >= 4 is 56.6 Å². The molecule has 0 saturated carbocycles. The van der Waals surface area contributed by atoms with Gasteiger partial charge in [-0.15, -0.1) is 0 Å². The van der Waals surface area contributed by atoms with Gasteiger partial charge in [-0.25, -0.2) is 14.4 Å². The molecule has 2 N–H and O–H groups in total. The molecule has 0 bridgehead atoms. The Morgan fingerprint density at radius 3 is 2.95 bits per heavy atom. The van der Waals surface area contributed by atoms with E-state index in [-0.39, 0.29) is 5.28 Å². The summed E-state index contributed by atoms with van der Waals surface area (Å²) in [5, 5.41) is 5.48. The lowest BCUT2D eigenvalue weighted by Gasteiger charge is -2.05. The highest BCUT2D eigenvalue weighted by Gasteiger charge is 2.09. The van der Waals surface area contributed by atoms with Crippen LogP contribution in [0.1, 0.15) is 0 Å². The zero-order valence-corrected chi connectivity index (χ0v) is 13.4. The van der Waals surface area contributed by atoms with Crippen molar-refractivity contribution in [3.8, 4) is 11.3 Å². The summed E-state index contributed by atoms with van der Waals surface area (Å²) in [6.07, 6.45) is 3.93. The molecule has 0 aliphatic carbocycles. The summed E-state index contributed by atoms with van der Waals surface area (Å²) in [7, 11) is 0. The van der Waals surface area contributed by atoms with Crippen LogP contribution in [-0.4, -0.2) is 19.5 Å². The predicted molar refractivity (Wildman–Crippen MR) is 87.9 cm³/mol. The van der Waals surface area contributed by atoms with Crippen LogP contribution in [0.4, 0.5) is 5.69 Å². The normalized spacial score (nSPS) is 11.7. The second kappa shape index (κ2) is 5.19. The fourth-order valence-electron chi connectivity index (χ4n) is 1.86. The fraction of sp³-hybridized carbons (Fsp3) is 0. The molecule has 5 nitrogen and oxygen atoms in total. The van der Waals surface area contributed by atoms with Gasteiger partial charge in [-0.05, 0) is 51.8 Å². The largest absolute Gasteiger partial charge is 0.398 e. The first kappa shape index (κ1) is 13.0. The Morgan fingerprint density at radius 1 is 1.37 bits per heavy atom. The van der Waals surface area contributed by atoms with Crippen LogP contribution in [0, 0.1) is 0 Å². The van der Waals surface area contributed by atoms with Crippen LogP contribution in [0.5, 0.6) is 0 Å². The van der Waals surface area contributed by atoms with E-state index in [0.29, 0.717) is 12.1 Å². The zero-order chi connectivity index (χ0) is 13.4. The van der Waals surface area contributed by atoms with Crippen molar-refractivity contribution in [2.45, 2.75) is 0 Å². The van der Waals surface area contributed by atoms with Crippen molar-refractivity contribution in [3.05, 3.63) is 35.9 Å². The number of rotatable bonds is 2. The van der Waals surface area contributed by atoms with Crippen molar-refractivity contribution in [2.24, 2.45) is 0 Å². The van der Waals surface area contributed by atoms with Crippen molar-refractivity contribution in [2.75, 3.05) is 5.73 Å². The third-order valence-electron chi connectivity index (χ3n) is 2.72. The van der Waals surface area contributed by atoms with Gasteiger partial charge in [0.2, 0.25) is 5.28 Å². The van der Waals surface area contributed by atoms with Crippen molar-refractivity contribution in [1.82, 2.24) is 19.5 Å². The topological polar surface area (TPSA) is 69.6 Å². The molecule has 1 unspecified atom stereocenters. The number of aromatic nitrogens is 4. The average Bonchev–Trinajstić information content (AvgIpc) is 2.82. The van der Waals surface area contributed by atoms with Gasteiger partial charge in [0.25, 0.3) is 0 Å². The lowest BCUT2D eigenvalue weighted by Crippen LogP contribution is -1.92. The highest BCUT2D eigenvalue weighted by atomic mass is 127. The summed E-state index contributed by atoms with van der Waals surface area (Å²) >= 11 is 8.10. The summed E-state index contributed by atoms with van der Waals surface area (Å²) < 4.78 is 1.92. The number of nitrogen functional groups attached to an aromatic ring is 1. The first-order valence-electron chi connectivity index (χ1n) is 5.32. The molecule has 2 aromatic heterocycles. The Hall–Kier alpha value is -0.980. The summed E-state index contributed by atoms with van der Waals surface area (Å²) in [6, 6.07) is 5.70. The van der Waals surface area contributed by atoms with Gasteiger partial charge < -0.3 is 5.73 Å². The van der Waals surface area contributed by atoms with Gasteiger partial charge in [0.15, 0.2) is 0 Å². The van der Waals surface area contributed by atoms with Crippen LogP contribution in [0.15, 0.2) is 30.6 Å². The highest BCUT2D eigenvalue weighted by molar-refractivity contribution is 14.2. The Bertz CT molecular complexity index is 760. The van der Waals surface area contributed by atoms with Crippen molar-refractivity contribution in [1.29, 1.82) is 0 Å². The summed E-state index contributed by atoms with van der Waals surface area (Å²) in [5.74, 6) is 0. The molecule has 1 atom stereocenters. The molecule has 0 radical (unpaired) electrons. The molecule has 0 amide bonds. The monoisotopic (exact) mass is 403 g/mol. The van der Waals surface area contributed by atoms with Gasteiger partial charge in [0.1, 0.15) is 0 Å². The average molecular weight is 404 g/mol. The van der Waals surface area contributed by atoms with E-state index in [0.717, 1.165) is 22.2 Å². The number of nitrogens with zero attached hydrogens (tertiary/aromatic N) is 4. The lowest BCUT2D eigenvalue weighted by atomic mass is 10.1. The Labute approximate surface area is 128 Å². The maximum Gasteiger partial charge on any atom is 0.222 e. The molecule has 19 heavy (non-hydrogen) atoms. The summed E-state index contributed by atoms with van der Waals surface area (Å²) in [4.78, 5) is 8.08. The van der Waals surface area contributed by atoms with Gasteiger partial charge in [0, 0.05) is 22.8 Å². The number of halogens is 2. The van der Waals surface area contributed by atoms with Gasteiger partial charge in [-0.1, -0.05) is 0 Å². The van der Waals surface area contributed by atoms with Crippen LogP contribution in [0.2, 0.25) is 5.28 Å². The second-order valence-corrected chi connectivity index (χ2v) is 6.23. The van der Waals surface area contributed by atoms with E-state index in [1.807, 2.05) is 16.6 Å². The number of benzene rings is 1. The molecule has 3 aromatic rings. The molecule has 96 valence electrons. The van der Waals surface area contributed by atoms with E-state index in [4.69, 9.17) is 17.3 Å². The molecule has 0 saturated heterocycles. The minimum Gasteiger partial charge on any atom is -0.398 e. The minimum atomic E-state index is 0.223. The van der Waals surface area contributed by atoms with E-state index >= 15 is 0 Å². The number of hydrogen-bond acceptors (Lipinski definition) is 4. The number of fused-ring (bicyclic) bond motifs is 1. The van der Waals surface area contributed by atoms with Crippen LogP contribution < -0.4 is 5.73 Å². The smallest absolute Gasteiger partial charge is 0.222 e. The van der Waals surface area contributed by atoms with Crippen LogP contribution in [0.3, 0.4) is 0 Å². The Balaban J connectivity index is 2.25. The van der Waals surface area contributed by atoms with Crippen molar-refractivity contribution in [3.63, 3.8) is 0 Å². The number of hydrogen-bond donors (Lipinski definition) is 1. The summed E-state index contributed by atoms with van der Waals surface area (Å²) in [5.41, 5.74) is 9.41. The first-order chi connectivity index (χ1) is 9.19. The maximum absolute atomic E-state index is 6.07. The molecule has 2 heterocycles. The second-order valence-electron chi connectivity index (χ2n) is 3.85. The van der Waals surface area contributed by atoms with E-state index in [9.17, 15) is 0 Å². The molecular formula is C11H8ClIN5P. The summed E-state index contributed by atoms with van der Waals surface area (Å²) in [6.45, 7) is 0. The van der Waals surface area contributed by atoms with E-state index in [1.165, 1.54) is 0 Å². The number of nitrogens with two attached hydrogens (primary N) is 1. The quantitative estimate of drug-likeness (QED) is 0.308. The van der Waals surface area contributed by atoms with Gasteiger partial charge in [0.05, 0.1) is 23.8 Å². The molecular weight excluding hydrogens is 395 g/mol. The van der Waals surface area contributed by atoms with E-state index < -0.39 is 0 Å². The SMILES string of the molecule is Nc1cc(-c2ccnc(Cl)n2)cc2c1cnn2PI. The lowest BCUT2D eigenvalue weighted by molar-refractivity contribution is 1.04. The van der Waals surface area contributed by atoms with Crippen LogP contribution in [-0.2, 0) is 0 Å². The van der Waals surface area contributed by atoms with Gasteiger partial charge in [-0.2, -0.15) is 5.10 Å². The molecule has 1 aromatic carbocycles. The van der Waals surface area contributed by atoms with E-state index in [1.54, 1.807) is 18.5 Å². The first-order valence-corrected chi connectivity index (χ1v) is 9.76.